The molecule has 0 fully saturated rings. The monoisotopic (exact) mass is 428 g/mol. The van der Waals surface area contributed by atoms with Crippen LogP contribution in [-0.4, -0.2) is 38.0 Å². The van der Waals surface area contributed by atoms with Gasteiger partial charge in [-0.1, -0.05) is 41.9 Å². The van der Waals surface area contributed by atoms with Crippen LogP contribution in [0.1, 0.15) is 31.9 Å². The lowest BCUT2D eigenvalue weighted by atomic mass is 10.2. The fourth-order valence-corrected chi connectivity index (χ4v) is 3.05. The van der Waals surface area contributed by atoms with Crippen molar-refractivity contribution in [3.05, 3.63) is 81.5 Å². The topological polar surface area (TPSA) is 69.4 Å². The molecule has 0 aliphatic heterocycles. The molecule has 1 aromatic heterocycles. The molecule has 1 amide bonds. The Labute approximate surface area is 180 Å². The maximum absolute atomic E-state index is 12.7. The maximum Gasteiger partial charge on any atom is 0.410 e. The number of hydrogen-bond donors (Lipinski definition) is 0. The summed E-state index contributed by atoms with van der Waals surface area (Å²) in [6.45, 7) is 6.19. The van der Waals surface area contributed by atoms with E-state index in [-0.39, 0.29) is 11.8 Å². The molecule has 0 radical (unpaired) electrons. The zero-order valence-corrected chi connectivity index (χ0v) is 18.3. The molecule has 0 N–H and O–H groups in total. The van der Waals surface area contributed by atoms with E-state index in [4.69, 9.17) is 16.3 Å². The molecule has 0 saturated carbocycles. The highest BCUT2D eigenvalue weighted by Gasteiger charge is 2.19. The average molecular weight is 429 g/mol. The molecule has 2 aromatic carbocycles. The molecule has 3 aromatic rings. The van der Waals surface area contributed by atoms with Gasteiger partial charge >= 0.3 is 11.8 Å². The normalized spacial score (nSPS) is 11.4. The second-order valence-corrected chi connectivity index (χ2v) is 8.44. The van der Waals surface area contributed by atoms with Crippen molar-refractivity contribution in [2.24, 2.45) is 0 Å². The number of benzene rings is 2. The second-order valence-electron chi connectivity index (χ2n) is 8.04. The average Bonchev–Trinajstić information content (AvgIpc) is 3.03. The van der Waals surface area contributed by atoms with E-state index in [1.165, 1.54) is 20.5 Å². The molecule has 0 atom stereocenters. The Hall–Kier alpha value is -3.06. The van der Waals surface area contributed by atoms with Crippen molar-refractivity contribution in [3.8, 4) is 5.69 Å². The first-order valence-corrected chi connectivity index (χ1v) is 9.93. The lowest BCUT2D eigenvalue weighted by Gasteiger charge is -2.24. The maximum atomic E-state index is 12.7. The van der Waals surface area contributed by atoms with Crippen LogP contribution in [0, 0.1) is 0 Å². The molecule has 0 aliphatic carbocycles. The molecule has 7 nitrogen and oxygen atoms in total. The van der Waals surface area contributed by atoms with Gasteiger partial charge in [0.15, 0.2) is 0 Å². The van der Waals surface area contributed by atoms with E-state index >= 15 is 0 Å². The van der Waals surface area contributed by atoms with E-state index in [0.29, 0.717) is 23.8 Å². The van der Waals surface area contributed by atoms with Gasteiger partial charge in [-0.05, 0) is 50.1 Å². The van der Waals surface area contributed by atoms with Gasteiger partial charge in [-0.15, -0.1) is 0 Å². The summed E-state index contributed by atoms with van der Waals surface area (Å²) in [6, 6.07) is 14.7. The van der Waals surface area contributed by atoms with Crippen LogP contribution in [0.3, 0.4) is 0 Å². The van der Waals surface area contributed by atoms with Crippen molar-refractivity contribution >= 4 is 17.7 Å². The number of ether oxygens (including phenoxy) is 1. The van der Waals surface area contributed by atoms with Gasteiger partial charge in [0.1, 0.15) is 11.9 Å². The van der Waals surface area contributed by atoms with Gasteiger partial charge in [0.2, 0.25) is 0 Å². The summed E-state index contributed by atoms with van der Waals surface area (Å²) < 4.78 is 8.20. The highest BCUT2D eigenvalue weighted by molar-refractivity contribution is 6.31. The van der Waals surface area contributed by atoms with Crippen LogP contribution >= 0.6 is 11.6 Å². The van der Waals surface area contributed by atoms with Crippen LogP contribution < -0.4 is 5.69 Å². The summed E-state index contributed by atoms with van der Waals surface area (Å²) >= 11 is 6.18. The number of aromatic nitrogens is 3. The largest absolute Gasteiger partial charge is 0.444 e. The number of nitrogens with zero attached hydrogens (tertiary/aromatic N) is 4. The standard InChI is InChI=1S/C22H25ClN4O3/c1-22(2,3)30-21(29)25(4)13-16-9-11-18(12-10-16)26-15-24-27(20(26)28)14-17-7-5-6-8-19(17)23/h5-12,15H,13-14H2,1-4H3. The van der Waals surface area contributed by atoms with E-state index in [2.05, 4.69) is 5.10 Å². The zero-order valence-electron chi connectivity index (χ0n) is 17.5. The molecule has 3 rings (SSSR count). The molecule has 30 heavy (non-hydrogen) atoms. The molecule has 0 saturated heterocycles. The Morgan fingerprint density at radius 2 is 1.80 bits per heavy atom. The van der Waals surface area contributed by atoms with Gasteiger partial charge in [0, 0.05) is 18.6 Å². The Morgan fingerprint density at radius 1 is 1.13 bits per heavy atom. The highest BCUT2D eigenvalue weighted by Crippen LogP contribution is 2.16. The predicted octanol–water partition coefficient (Wildman–Crippen LogP) is 4.10. The molecule has 0 unspecified atom stereocenters. The number of rotatable bonds is 5. The Morgan fingerprint density at radius 3 is 2.43 bits per heavy atom. The minimum absolute atomic E-state index is 0.256. The van der Waals surface area contributed by atoms with Crippen molar-refractivity contribution in [2.45, 2.75) is 39.5 Å². The number of carbonyl (C=O) groups excluding carboxylic acids is 1. The van der Waals surface area contributed by atoms with Crippen LogP contribution in [0.2, 0.25) is 5.02 Å². The first kappa shape index (κ1) is 21.6. The van der Waals surface area contributed by atoms with E-state index < -0.39 is 5.60 Å². The summed E-state index contributed by atoms with van der Waals surface area (Å²) in [4.78, 5) is 26.3. The minimum atomic E-state index is -0.541. The quantitative estimate of drug-likeness (QED) is 0.613. The van der Waals surface area contributed by atoms with Gasteiger partial charge < -0.3 is 9.64 Å². The smallest absolute Gasteiger partial charge is 0.410 e. The lowest BCUT2D eigenvalue weighted by molar-refractivity contribution is 0.0285. The van der Waals surface area contributed by atoms with Crippen LogP contribution in [0.4, 0.5) is 4.79 Å². The van der Waals surface area contributed by atoms with Gasteiger partial charge in [0.25, 0.3) is 0 Å². The van der Waals surface area contributed by atoms with Crippen LogP contribution in [0.25, 0.3) is 5.69 Å². The van der Waals surface area contributed by atoms with Crippen molar-refractivity contribution in [2.75, 3.05) is 7.05 Å². The van der Waals surface area contributed by atoms with Crippen LogP contribution in [0.5, 0.6) is 0 Å². The minimum Gasteiger partial charge on any atom is -0.444 e. The van der Waals surface area contributed by atoms with E-state index in [9.17, 15) is 9.59 Å². The zero-order chi connectivity index (χ0) is 21.9. The predicted molar refractivity (Wildman–Crippen MR) is 116 cm³/mol. The fourth-order valence-electron chi connectivity index (χ4n) is 2.85. The van der Waals surface area contributed by atoms with Crippen molar-refractivity contribution in [3.63, 3.8) is 0 Å². The number of halogens is 1. The van der Waals surface area contributed by atoms with Gasteiger partial charge in [0.05, 0.1) is 12.2 Å². The van der Waals surface area contributed by atoms with E-state index in [1.54, 1.807) is 13.1 Å². The molecule has 8 heteroatoms. The third kappa shape index (κ3) is 5.30. The molecular formula is C22H25ClN4O3. The first-order valence-electron chi connectivity index (χ1n) is 9.55. The molecule has 0 spiro atoms. The third-order valence-electron chi connectivity index (χ3n) is 4.35. The van der Waals surface area contributed by atoms with Crippen molar-refractivity contribution < 1.29 is 9.53 Å². The van der Waals surface area contributed by atoms with Crippen LogP contribution in [0.15, 0.2) is 59.7 Å². The molecule has 0 bridgehead atoms. The molecular weight excluding hydrogens is 404 g/mol. The molecule has 158 valence electrons. The SMILES string of the molecule is CN(Cc1ccc(-n2cnn(Cc3ccccc3Cl)c2=O)cc1)C(=O)OC(C)(C)C. The van der Waals surface area contributed by atoms with E-state index in [0.717, 1.165) is 11.1 Å². The third-order valence-corrected chi connectivity index (χ3v) is 4.72. The summed E-state index contributed by atoms with van der Waals surface area (Å²) in [7, 11) is 1.69. The summed E-state index contributed by atoms with van der Waals surface area (Å²) in [5, 5.41) is 4.79. The molecule has 0 aliphatic rings. The van der Waals surface area contributed by atoms with Gasteiger partial charge in [-0.2, -0.15) is 5.10 Å². The summed E-state index contributed by atoms with van der Waals surface area (Å²) in [5.41, 5.74) is 1.64. The van der Waals surface area contributed by atoms with Crippen molar-refractivity contribution in [1.82, 2.24) is 19.2 Å². The van der Waals surface area contributed by atoms with Crippen molar-refractivity contribution in [1.29, 1.82) is 0 Å². The fraction of sp³-hybridized carbons (Fsp3) is 0.318. The molecule has 1 heterocycles. The van der Waals surface area contributed by atoms with Crippen LogP contribution in [-0.2, 0) is 17.8 Å². The Kier molecular flexibility index (Phi) is 6.31. The highest BCUT2D eigenvalue weighted by atomic mass is 35.5. The Balaban J connectivity index is 1.71. The second kappa shape index (κ2) is 8.75. The summed E-state index contributed by atoms with van der Waals surface area (Å²) in [5.74, 6) is 0. The number of hydrogen-bond acceptors (Lipinski definition) is 4. The number of amides is 1. The van der Waals surface area contributed by atoms with Gasteiger partial charge in [-0.25, -0.2) is 18.8 Å². The van der Waals surface area contributed by atoms with Gasteiger partial charge in [-0.3, -0.25) is 0 Å². The Bertz CT molecular complexity index is 1080. The number of carbonyl (C=O) groups is 1. The lowest BCUT2D eigenvalue weighted by Crippen LogP contribution is -2.33. The first-order chi connectivity index (χ1) is 14.1. The van der Waals surface area contributed by atoms with E-state index in [1.807, 2.05) is 63.2 Å². The summed E-state index contributed by atoms with van der Waals surface area (Å²) in [6.07, 6.45) is 1.10.